The average Bonchev–Trinajstić information content (AvgIpc) is 2.73. The molecule has 0 aliphatic rings. The monoisotopic (exact) mass is 392 g/mol. The number of carboxylic acids is 1. The van der Waals surface area contributed by atoms with Crippen LogP contribution in [-0.4, -0.2) is 36.7 Å². The number of methoxy groups -OCH3 is 1. The Morgan fingerprint density at radius 2 is 1.72 bits per heavy atom. The van der Waals surface area contributed by atoms with Crippen LogP contribution in [0.4, 0.5) is 5.69 Å². The molecule has 3 aromatic carbocycles. The van der Waals surface area contributed by atoms with E-state index in [0.717, 1.165) is 22.1 Å². The van der Waals surface area contributed by atoms with E-state index in [4.69, 9.17) is 4.74 Å². The standard InChI is InChI=1S/C23H24N2O4/c1-29-18-11-9-16(10-12-18)13-14-24-21(23(27)28)15-22(26)25-20-8-4-6-17-5-2-3-7-19(17)20/h2-12,21,24H,13-15H2,1H3,(H,25,26)(H,27,28). The van der Waals surface area contributed by atoms with Gasteiger partial charge in [-0.15, -0.1) is 0 Å². The third-order valence-electron chi connectivity index (χ3n) is 4.71. The highest BCUT2D eigenvalue weighted by Crippen LogP contribution is 2.23. The van der Waals surface area contributed by atoms with E-state index in [1.54, 1.807) is 7.11 Å². The molecule has 0 bridgehead atoms. The van der Waals surface area contributed by atoms with E-state index < -0.39 is 12.0 Å². The smallest absolute Gasteiger partial charge is 0.321 e. The molecule has 0 saturated heterocycles. The molecule has 0 radical (unpaired) electrons. The summed E-state index contributed by atoms with van der Waals surface area (Å²) in [5.41, 5.74) is 1.73. The molecule has 1 amide bonds. The molecule has 6 heteroatoms. The summed E-state index contributed by atoms with van der Waals surface area (Å²) in [6, 6.07) is 20.0. The summed E-state index contributed by atoms with van der Waals surface area (Å²) in [4.78, 5) is 24.0. The first-order chi connectivity index (χ1) is 14.1. The van der Waals surface area contributed by atoms with Gasteiger partial charge in [0.05, 0.1) is 13.5 Å². The molecular formula is C23H24N2O4. The van der Waals surface area contributed by atoms with E-state index in [1.807, 2.05) is 66.7 Å². The molecular weight excluding hydrogens is 368 g/mol. The van der Waals surface area contributed by atoms with E-state index in [9.17, 15) is 14.7 Å². The maximum absolute atomic E-state index is 12.4. The number of rotatable bonds is 9. The Morgan fingerprint density at radius 1 is 1.00 bits per heavy atom. The van der Waals surface area contributed by atoms with Gasteiger partial charge in [0, 0.05) is 11.1 Å². The van der Waals surface area contributed by atoms with Crippen molar-refractivity contribution in [2.24, 2.45) is 0 Å². The van der Waals surface area contributed by atoms with Gasteiger partial charge in [0.1, 0.15) is 11.8 Å². The van der Waals surface area contributed by atoms with Crippen molar-refractivity contribution in [3.8, 4) is 5.75 Å². The molecule has 0 saturated carbocycles. The van der Waals surface area contributed by atoms with Crippen LogP contribution in [-0.2, 0) is 16.0 Å². The van der Waals surface area contributed by atoms with Crippen LogP contribution in [0.5, 0.6) is 5.75 Å². The fourth-order valence-corrected chi connectivity index (χ4v) is 3.15. The number of amides is 1. The fourth-order valence-electron chi connectivity index (χ4n) is 3.15. The predicted molar refractivity (Wildman–Crippen MR) is 113 cm³/mol. The number of anilines is 1. The Bertz CT molecular complexity index is 980. The molecule has 150 valence electrons. The number of hydrogen-bond acceptors (Lipinski definition) is 4. The summed E-state index contributed by atoms with van der Waals surface area (Å²) >= 11 is 0. The van der Waals surface area contributed by atoms with Crippen LogP contribution in [0.1, 0.15) is 12.0 Å². The lowest BCUT2D eigenvalue weighted by atomic mass is 10.1. The van der Waals surface area contributed by atoms with E-state index >= 15 is 0 Å². The van der Waals surface area contributed by atoms with Crippen LogP contribution in [0.2, 0.25) is 0 Å². The second kappa shape index (κ2) is 9.71. The number of hydrogen-bond donors (Lipinski definition) is 3. The van der Waals surface area contributed by atoms with Gasteiger partial charge in [-0.25, -0.2) is 0 Å². The largest absolute Gasteiger partial charge is 0.497 e. The van der Waals surface area contributed by atoms with E-state index in [0.29, 0.717) is 18.7 Å². The van der Waals surface area contributed by atoms with Crippen molar-refractivity contribution in [3.05, 3.63) is 72.3 Å². The number of ether oxygens (including phenoxy) is 1. The number of carboxylic acid groups (broad SMARTS) is 1. The van der Waals surface area contributed by atoms with Crippen molar-refractivity contribution in [2.75, 3.05) is 19.0 Å². The minimum Gasteiger partial charge on any atom is -0.497 e. The molecule has 3 rings (SSSR count). The summed E-state index contributed by atoms with van der Waals surface area (Å²) in [5.74, 6) is -0.617. The number of fused-ring (bicyclic) bond motifs is 1. The van der Waals surface area contributed by atoms with Gasteiger partial charge in [-0.3, -0.25) is 9.59 Å². The lowest BCUT2D eigenvalue weighted by Gasteiger charge is -2.15. The van der Waals surface area contributed by atoms with Crippen LogP contribution in [0.3, 0.4) is 0 Å². The van der Waals surface area contributed by atoms with Crippen LogP contribution in [0.15, 0.2) is 66.7 Å². The molecule has 1 atom stereocenters. The highest BCUT2D eigenvalue weighted by atomic mass is 16.5. The van der Waals surface area contributed by atoms with Gasteiger partial charge in [0.25, 0.3) is 0 Å². The normalized spacial score (nSPS) is 11.8. The van der Waals surface area contributed by atoms with Crippen LogP contribution >= 0.6 is 0 Å². The Labute approximate surface area is 169 Å². The zero-order valence-electron chi connectivity index (χ0n) is 16.2. The number of carbonyl (C=O) groups is 2. The molecule has 0 aliphatic heterocycles. The van der Waals surface area contributed by atoms with Gasteiger partial charge < -0.3 is 20.5 Å². The maximum atomic E-state index is 12.4. The number of carbonyl (C=O) groups excluding carboxylic acids is 1. The highest BCUT2D eigenvalue weighted by Gasteiger charge is 2.21. The summed E-state index contributed by atoms with van der Waals surface area (Å²) in [7, 11) is 1.61. The lowest BCUT2D eigenvalue weighted by Crippen LogP contribution is -2.40. The first-order valence-electron chi connectivity index (χ1n) is 9.43. The SMILES string of the molecule is COc1ccc(CCNC(CC(=O)Nc2cccc3ccccc23)C(=O)O)cc1. The molecule has 0 aromatic heterocycles. The van der Waals surface area contributed by atoms with Crippen molar-refractivity contribution in [2.45, 2.75) is 18.9 Å². The van der Waals surface area contributed by atoms with Gasteiger partial charge in [-0.2, -0.15) is 0 Å². The highest BCUT2D eigenvalue weighted by molar-refractivity contribution is 6.03. The third kappa shape index (κ3) is 5.56. The third-order valence-corrected chi connectivity index (χ3v) is 4.71. The van der Waals surface area contributed by atoms with Crippen LogP contribution in [0.25, 0.3) is 10.8 Å². The van der Waals surface area contributed by atoms with E-state index in [2.05, 4.69) is 10.6 Å². The van der Waals surface area contributed by atoms with Gasteiger partial charge in [0.2, 0.25) is 5.91 Å². The van der Waals surface area contributed by atoms with Crippen LogP contribution in [0, 0.1) is 0 Å². The topological polar surface area (TPSA) is 87.7 Å². The Kier molecular flexibility index (Phi) is 6.81. The Hall–Kier alpha value is -3.38. The lowest BCUT2D eigenvalue weighted by molar-refractivity contribution is -0.141. The second-order valence-electron chi connectivity index (χ2n) is 6.72. The van der Waals surface area contributed by atoms with E-state index in [1.165, 1.54) is 0 Å². The molecule has 1 unspecified atom stereocenters. The van der Waals surface area contributed by atoms with Crippen molar-refractivity contribution in [3.63, 3.8) is 0 Å². The van der Waals surface area contributed by atoms with Crippen molar-refractivity contribution in [1.82, 2.24) is 5.32 Å². The zero-order valence-corrected chi connectivity index (χ0v) is 16.2. The van der Waals surface area contributed by atoms with Gasteiger partial charge in [-0.05, 0) is 42.1 Å². The van der Waals surface area contributed by atoms with E-state index in [-0.39, 0.29) is 12.3 Å². The summed E-state index contributed by atoms with van der Waals surface area (Å²) in [5, 5.41) is 17.2. The molecule has 0 fully saturated rings. The average molecular weight is 392 g/mol. The van der Waals surface area contributed by atoms with Crippen molar-refractivity contribution in [1.29, 1.82) is 0 Å². The summed E-state index contributed by atoms with van der Waals surface area (Å²) in [6.07, 6.45) is 0.500. The van der Waals surface area contributed by atoms with Crippen LogP contribution < -0.4 is 15.4 Å². The number of aliphatic carboxylic acids is 1. The first-order valence-corrected chi connectivity index (χ1v) is 9.43. The minimum atomic E-state index is -1.05. The Morgan fingerprint density at radius 3 is 2.45 bits per heavy atom. The molecule has 0 aliphatic carbocycles. The molecule has 6 nitrogen and oxygen atoms in total. The summed E-state index contributed by atoms with van der Waals surface area (Å²) in [6.45, 7) is 0.449. The molecule has 0 spiro atoms. The number of nitrogens with one attached hydrogen (secondary N) is 2. The second-order valence-corrected chi connectivity index (χ2v) is 6.72. The molecule has 3 N–H and O–H groups in total. The maximum Gasteiger partial charge on any atom is 0.321 e. The fraction of sp³-hybridized carbons (Fsp3) is 0.217. The Balaban J connectivity index is 1.56. The molecule has 0 heterocycles. The molecule has 3 aromatic rings. The minimum absolute atomic E-state index is 0.152. The van der Waals surface area contributed by atoms with Gasteiger partial charge >= 0.3 is 5.97 Å². The zero-order chi connectivity index (χ0) is 20.6. The first kappa shape index (κ1) is 20.4. The van der Waals surface area contributed by atoms with Crippen molar-refractivity contribution >= 4 is 28.3 Å². The number of benzene rings is 3. The molecule has 29 heavy (non-hydrogen) atoms. The van der Waals surface area contributed by atoms with Crippen molar-refractivity contribution < 1.29 is 19.4 Å². The van der Waals surface area contributed by atoms with Gasteiger partial charge in [0.15, 0.2) is 0 Å². The summed E-state index contributed by atoms with van der Waals surface area (Å²) < 4.78 is 5.12. The quantitative estimate of drug-likeness (QED) is 0.519. The predicted octanol–water partition coefficient (Wildman–Crippen LogP) is 3.46. The van der Waals surface area contributed by atoms with Gasteiger partial charge in [-0.1, -0.05) is 48.5 Å².